The van der Waals surface area contributed by atoms with Crippen molar-refractivity contribution in [2.24, 2.45) is 0 Å². The normalized spacial score (nSPS) is 13.9. The van der Waals surface area contributed by atoms with Gasteiger partial charge in [-0.1, -0.05) is 79.3 Å². The topological polar surface area (TPSA) is 26.3 Å². The highest BCUT2D eigenvalue weighted by Crippen LogP contribution is 2.04. The van der Waals surface area contributed by atoms with Gasteiger partial charge >= 0.3 is 5.97 Å². The third-order valence-electron chi connectivity index (χ3n) is 3.20. The molecule has 1 unspecified atom stereocenters. The van der Waals surface area contributed by atoms with Crippen LogP contribution in [-0.4, -0.2) is 11.5 Å². The lowest BCUT2D eigenvalue weighted by Gasteiger charge is -2.04. The highest BCUT2D eigenvalue weighted by Gasteiger charge is 2.04. The van der Waals surface area contributed by atoms with E-state index in [1.54, 1.807) is 6.92 Å². The van der Waals surface area contributed by atoms with Crippen LogP contribution in [0.5, 0.6) is 0 Å². The highest BCUT2D eigenvalue weighted by atomic mass is 35.5. The molecule has 0 saturated heterocycles. The molecule has 0 aromatic heterocycles. The monoisotopic (exact) mass is 364 g/mol. The predicted octanol–water partition coefficient (Wildman–Crippen LogP) is 7.04. The summed E-state index contributed by atoms with van der Waals surface area (Å²) in [6.07, 6.45) is 28.9. The van der Waals surface area contributed by atoms with E-state index in [0.717, 1.165) is 44.9 Å². The molecule has 0 fully saturated rings. The smallest absolute Gasteiger partial charge is 0.307 e. The van der Waals surface area contributed by atoms with Crippen molar-refractivity contribution < 1.29 is 9.53 Å². The minimum Gasteiger partial charge on any atom is -0.446 e. The molecule has 0 saturated carbocycles. The fraction of sp³-hybridized carbons (Fsp3) is 0.500. The van der Waals surface area contributed by atoms with Gasteiger partial charge in [-0.2, -0.15) is 0 Å². The van der Waals surface area contributed by atoms with Crippen LogP contribution >= 0.6 is 11.6 Å². The summed E-state index contributed by atoms with van der Waals surface area (Å²) in [6, 6.07) is 0. The molecule has 0 radical (unpaired) electrons. The van der Waals surface area contributed by atoms with Crippen molar-refractivity contribution in [2.45, 2.75) is 70.8 Å². The molecule has 0 rings (SSSR count). The first-order valence-electron chi connectivity index (χ1n) is 9.25. The molecule has 1 atom stereocenters. The Kier molecular flexibility index (Phi) is 17.6. The first-order valence-corrected chi connectivity index (χ1v) is 9.69. The average molecular weight is 365 g/mol. The van der Waals surface area contributed by atoms with Crippen LogP contribution in [0.1, 0.15) is 65.2 Å². The summed E-state index contributed by atoms with van der Waals surface area (Å²) in [4.78, 5) is 11.3. The van der Waals surface area contributed by atoms with E-state index in [1.807, 2.05) is 0 Å². The molecule has 0 aromatic carbocycles. The molecule has 0 heterocycles. The lowest BCUT2D eigenvalue weighted by Crippen LogP contribution is -2.08. The summed E-state index contributed by atoms with van der Waals surface area (Å²) in [5.74, 6) is -0.227. The van der Waals surface area contributed by atoms with Crippen molar-refractivity contribution in [1.29, 1.82) is 0 Å². The van der Waals surface area contributed by atoms with Crippen LogP contribution in [0.4, 0.5) is 0 Å². The zero-order valence-electron chi connectivity index (χ0n) is 15.7. The number of ether oxygens (including phenoxy) is 1. The van der Waals surface area contributed by atoms with Crippen molar-refractivity contribution in [3.05, 3.63) is 60.8 Å². The van der Waals surface area contributed by atoms with Gasteiger partial charge in [0.05, 0.1) is 0 Å². The molecule has 140 valence electrons. The van der Waals surface area contributed by atoms with E-state index in [0.29, 0.717) is 6.42 Å². The van der Waals surface area contributed by atoms with Crippen molar-refractivity contribution in [2.75, 3.05) is 0 Å². The van der Waals surface area contributed by atoms with Crippen molar-refractivity contribution in [1.82, 2.24) is 0 Å². The minimum atomic E-state index is -0.541. The quantitative estimate of drug-likeness (QED) is 0.143. The number of esters is 1. The zero-order valence-corrected chi connectivity index (χ0v) is 16.5. The van der Waals surface area contributed by atoms with Gasteiger partial charge < -0.3 is 4.74 Å². The molecule has 0 N–H and O–H groups in total. The van der Waals surface area contributed by atoms with E-state index in [9.17, 15) is 4.79 Å². The largest absolute Gasteiger partial charge is 0.446 e. The summed E-state index contributed by atoms with van der Waals surface area (Å²) in [6.45, 7) is 3.79. The Labute approximate surface area is 159 Å². The molecule has 0 amide bonds. The maximum Gasteiger partial charge on any atom is 0.307 e. The van der Waals surface area contributed by atoms with E-state index in [-0.39, 0.29) is 5.97 Å². The molecule has 2 nitrogen and oxygen atoms in total. The van der Waals surface area contributed by atoms with Gasteiger partial charge in [-0.15, -0.1) is 0 Å². The summed E-state index contributed by atoms with van der Waals surface area (Å²) in [5, 5.41) is 0. The lowest BCUT2D eigenvalue weighted by molar-refractivity contribution is -0.144. The van der Waals surface area contributed by atoms with Gasteiger partial charge in [0.1, 0.15) is 0 Å². The number of alkyl halides is 1. The second-order valence-electron chi connectivity index (χ2n) is 5.63. The van der Waals surface area contributed by atoms with Crippen molar-refractivity contribution >= 4 is 17.6 Å². The van der Waals surface area contributed by atoms with E-state index < -0.39 is 5.56 Å². The molecular weight excluding hydrogens is 332 g/mol. The van der Waals surface area contributed by atoms with Crippen molar-refractivity contribution in [3.8, 4) is 0 Å². The Balaban J connectivity index is 3.52. The molecule has 25 heavy (non-hydrogen) atoms. The second kappa shape index (κ2) is 18.8. The number of carbonyl (C=O) groups is 1. The number of hydrogen-bond donors (Lipinski definition) is 0. The molecule has 0 spiro atoms. The van der Waals surface area contributed by atoms with Gasteiger partial charge in [0.15, 0.2) is 5.56 Å². The predicted molar refractivity (Wildman–Crippen MR) is 110 cm³/mol. The summed E-state index contributed by atoms with van der Waals surface area (Å²) < 4.78 is 4.86. The van der Waals surface area contributed by atoms with E-state index >= 15 is 0 Å². The van der Waals surface area contributed by atoms with Crippen LogP contribution in [-0.2, 0) is 9.53 Å². The fourth-order valence-corrected chi connectivity index (χ4v) is 2.07. The standard InChI is InChI=1S/C22H33ClO2/c1-3-4-5-6-7-8-9-10-11-12-13-14-15-16-17-18-19-20-22(24)25-21(2)23/h4-5,7-8,10-11,13-14,16-17,21H,3,6,9,12,15,18-20H2,1-2H3/b5-4+,8-7+,11-10+,14-13+,17-16+. The maximum absolute atomic E-state index is 11.3. The third kappa shape index (κ3) is 20.4. The number of rotatable bonds is 14. The molecule has 0 aliphatic heterocycles. The van der Waals surface area contributed by atoms with Gasteiger partial charge in [0.25, 0.3) is 0 Å². The Morgan fingerprint density at radius 2 is 1.28 bits per heavy atom. The first-order chi connectivity index (χ1) is 12.2. The second-order valence-corrected chi connectivity index (χ2v) is 6.25. The number of hydrogen-bond acceptors (Lipinski definition) is 2. The SMILES string of the molecule is CC/C=C/C/C=C/C/C=C/C/C=C/C/C=C/CCCC(=O)OC(C)Cl. The van der Waals surface area contributed by atoms with Crippen LogP contribution in [0.25, 0.3) is 0 Å². The van der Waals surface area contributed by atoms with Gasteiger partial charge in [0.2, 0.25) is 0 Å². The van der Waals surface area contributed by atoms with Crippen molar-refractivity contribution in [3.63, 3.8) is 0 Å². The Morgan fingerprint density at radius 3 is 1.72 bits per heavy atom. The van der Waals surface area contributed by atoms with Crippen LogP contribution in [0.3, 0.4) is 0 Å². The Hall–Kier alpha value is -1.54. The van der Waals surface area contributed by atoms with Gasteiger partial charge in [0, 0.05) is 6.42 Å². The van der Waals surface area contributed by atoms with Crippen LogP contribution in [0.15, 0.2) is 60.8 Å². The van der Waals surface area contributed by atoms with E-state index in [4.69, 9.17) is 16.3 Å². The summed E-state index contributed by atoms with van der Waals surface area (Å²) in [7, 11) is 0. The number of halogens is 1. The molecular formula is C22H33ClO2. The van der Waals surface area contributed by atoms with E-state index in [2.05, 4.69) is 67.7 Å². The lowest BCUT2D eigenvalue weighted by atomic mass is 10.2. The Morgan fingerprint density at radius 1 is 0.840 bits per heavy atom. The highest BCUT2D eigenvalue weighted by molar-refractivity contribution is 6.19. The fourth-order valence-electron chi connectivity index (χ4n) is 1.97. The van der Waals surface area contributed by atoms with Crippen LogP contribution < -0.4 is 0 Å². The zero-order chi connectivity index (χ0) is 18.6. The van der Waals surface area contributed by atoms with Gasteiger partial charge in [-0.05, 0) is 51.9 Å². The van der Waals surface area contributed by atoms with Gasteiger partial charge in [-0.3, -0.25) is 4.79 Å². The first kappa shape index (κ1) is 23.5. The maximum atomic E-state index is 11.3. The summed E-state index contributed by atoms with van der Waals surface area (Å²) in [5.41, 5.74) is -0.541. The average Bonchev–Trinajstić information content (AvgIpc) is 2.57. The molecule has 3 heteroatoms. The number of unbranched alkanes of at least 4 members (excludes halogenated alkanes) is 1. The van der Waals surface area contributed by atoms with Gasteiger partial charge in [-0.25, -0.2) is 0 Å². The number of carbonyl (C=O) groups excluding carboxylic acids is 1. The minimum absolute atomic E-state index is 0.227. The summed E-state index contributed by atoms with van der Waals surface area (Å²) >= 11 is 5.58. The van der Waals surface area contributed by atoms with Crippen LogP contribution in [0, 0.1) is 0 Å². The van der Waals surface area contributed by atoms with E-state index in [1.165, 1.54) is 0 Å². The molecule has 0 aromatic rings. The number of allylic oxidation sites excluding steroid dienone is 10. The molecule has 0 aliphatic rings. The van der Waals surface area contributed by atoms with Crippen LogP contribution in [0.2, 0.25) is 0 Å². The molecule has 0 bridgehead atoms. The third-order valence-corrected chi connectivity index (χ3v) is 3.29. The Bertz CT molecular complexity index is 457. The molecule has 0 aliphatic carbocycles.